The van der Waals surface area contributed by atoms with Crippen molar-refractivity contribution in [3.05, 3.63) is 200 Å². The van der Waals surface area contributed by atoms with Crippen molar-refractivity contribution in [3.63, 3.8) is 0 Å². The Morgan fingerprint density at radius 2 is 0.865 bits per heavy atom. The van der Waals surface area contributed by atoms with Crippen LogP contribution in [0.3, 0.4) is 0 Å². The van der Waals surface area contributed by atoms with Gasteiger partial charge >= 0.3 is 0 Å². The molecule has 0 saturated heterocycles. The van der Waals surface area contributed by atoms with Crippen LogP contribution in [-0.4, -0.2) is 0 Å². The lowest BCUT2D eigenvalue weighted by Gasteiger charge is -2.26. The van der Waals surface area contributed by atoms with Crippen molar-refractivity contribution in [2.24, 2.45) is 0 Å². The number of fused-ring (bicyclic) bond motifs is 6. The zero-order chi connectivity index (χ0) is 34.4. The summed E-state index contributed by atoms with van der Waals surface area (Å²) in [4.78, 5) is 2.35. The predicted octanol–water partition coefficient (Wildman–Crippen LogP) is 14.4. The maximum absolute atomic E-state index is 6.73. The predicted molar refractivity (Wildman–Crippen MR) is 220 cm³/mol. The van der Waals surface area contributed by atoms with Gasteiger partial charge in [-0.25, -0.2) is 0 Å². The van der Waals surface area contributed by atoms with Crippen LogP contribution in [0.1, 0.15) is 0 Å². The van der Waals surface area contributed by atoms with Crippen molar-refractivity contribution in [2.75, 3.05) is 4.90 Å². The van der Waals surface area contributed by atoms with Gasteiger partial charge in [0.25, 0.3) is 0 Å². The first-order valence-electron chi connectivity index (χ1n) is 17.8. The zero-order valence-electron chi connectivity index (χ0n) is 28.4. The van der Waals surface area contributed by atoms with E-state index in [1.54, 1.807) is 0 Å². The van der Waals surface area contributed by atoms with E-state index >= 15 is 0 Å². The molecule has 2 nitrogen and oxygen atoms in total. The van der Waals surface area contributed by atoms with Gasteiger partial charge in [0.05, 0.1) is 0 Å². The Bertz CT molecular complexity index is 2870. The molecule has 244 valence electrons. The highest BCUT2D eigenvalue weighted by Gasteiger charge is 2.19. The second-order valence-corrected chi connectivity index (χ2v) is 13.4. The van der Waals surface area contributed by atoms with E-state index in [-0.39, 0.29) is 0 Å². The molecule has 0 aliphatic heterocycles. The van der Waals surface area contributed by atoms with Gasteiger partial charge in [-0.3, -0.25) is 0 Å². The fourth-order valence-electron chi connectivity index (χ4n) is 7.64. The van der Waals surface area contributed by atoms with Crippen LogP contribution in [0.4, 0.5) is 17.1 Å². The summed E-state index contributed by atoms with van der Waals surface area (Å²) in [7, 11) is 0. The highest BCUT2D eigenvalue weighted by atomic mass is 16.3. The Hall–Kier alpha value is -6.90. The summed E-state index contributed by atoms with van der Waals surface area (Å²) in [5.74, 6) is 0. The van der Waals surface area contributed by atoms with Gasteiger partial charge in [0, 0.05) is 33.4 Å². The standard InChI is InChI=1S/C50H33NO/c1-3-11-34(12-4-1)36-21-25-42(26-22-36)51(43-27-23-37(24-28-43)40-20-19-35-13-7-8-16-39(35)31-40)44-29-30-48-47(33-44)49-45-18-10-9-17-41(45)32-46(50(49)52-48)38-14-5-2-6-15-38/h1-33H. The molecule has 9 aromatic carbocycles. The molecule has 0 radical (unpaired) electrons. The van der Waals surface area contributed by atoms with E-state index in [1.807, 2.05) is 0 Å². The van der Waals surface area contributed by atoms with E-state index in [4.69, 9.17) is 4.42 Å². The summed E-state index contributed by atoms with van der Waals surface area (Å²) < 4.78 is 6.73. The molecule has 0 atom stereocenters. The van der Waals surface area contributed by atoms with Crippen molar-refractivity contribution >= 4 is 60.5 Å². The molecule has 0 aliphatic rings. The average Bonchev–Trinajstić information content (AvgIpc) is 3.61. The number of furan rings is 1. The van der Waals surface area contributed by atoms with Crippen molar-refractivity contribution in [1.82, 2.24) is 0 Å². The zero-order valence-corrected chi connectivity index (χ0v) is 28.4. The lowest BCUT2D eigenvalue weighted by Crippen LogP contribution is -2.09. The van der Waals surface area contributed by atoms with E-state index in [1.165, 1.54) is 43.8 Å². The van der Waals surface area contributed by atoms with E-state index in [2.05, 4.69) is 205 Å². The first-order valence-corrected chi connectivity index (χ1v) is 17.8. The van der Waals surface area contributed by atoms with E-state index in [0.29, 0.717) is 0 Å². The maximum Gasteiger partial charge on any atom is 0.143 e. The lowest BCUT2D eigenvalue weighted by atomic mass is 9.96. The van der Waals surface area contributed by atoms with Crippen LogP contribution in [0.2, 0.25) is 0 Å². The van der Waals surface area contributed by atoms with Crippen molar-refractivity contribution < 1.29 is 4.42 Å². The molecule has 2 heteroatoms. The summed E-state index contributed by atoms with van der Waals surface area (Å²) in [6.07, 6.45) is 0. The number of hydrogen-bond donors (Lipinski definition) is 0. The molecule has 52 heavy (non-hydrogen) atoms. The minimum absolute atomic E-state index is 0.873. The Labute approximate surface area is 302 Å². The normalized spacial score (nSPS) is 11.5. The fraction of sp³-hybridized carbons (Fsp3) is 0. The molecule has 10 rings (SSSR count). The molecule has 0 N–H and O–H groups in total. The third-order valence-electron chi connectivity index (χ3n) is 10.2. The first kappa shape index (κ1) is 30.0. The van der Waals surface area contributed by atoms with Gasteiger partial charge < -0.3 is 9.32 Å². The molecule has 0 spiro atoms. The molecule has 1 aromatic heterocycles. The van der Waals surface area contributed by atoms with Crippen LogP contribution in [0, 0.1) is 0 Å². The molecule has 0 unspecified atom stereocenters. The van der Waals surface area contributed by atoms with Crippen molar-refractivity contribution in [2.45, 2.75) is 0 Å². The Kier molecular flexibility index (Phi) is 7.18. The highest BCUT2D eigenvalue weighted by molar-refractivity contribution is 6.23. The van der Waals surface area contributed by atoms with Crippen LogP contribution in [0.15, 0.2) is 205 Å². The van der Waals surface area contributed by atoms with Gasteiger partial charge in [-0.1, -0.05) is 146 Å². The minimum Gasteiger partial charge on any atom is -0.455 e. The molecule has 0 aliphatic carbocycles. The summed E-state index contributed by atoms with van der Waals surface area (Å²) in [5, 5.41) is 7.11. The van der Waals surface area contributed by atoms with Crippen LogP contribution in [0.25, 0.3) is 76.9 Å². The Morgan fingerprint density at radius 1 is 0.327 bits per heavy atom. The molecule has 1 heterocycles. The van der Waals surface area contributed by atoms with Crippen molar-refractivity contribution in [1.29, 1.82) is 0 Å². The quantitative estimate of drug-likeness (QED) is 0.176. The fourth-order valence-corrected chi connectivity index (χ4v) is 7.64. The molecule has 0 bridgehead atoms. The van der Waals surface area contributed by atoms with E-state index in [9.17, 15) is 0 Å². The number of rotatable bonds is 6. The van der Waals surface area contributed by atoms with Gasteiger partial charge in [-0.05, 0) is 104 Å². The average molecular weight is 664 g/mol. The smallest absolute Gasteiger partial charge is 0.143 e. The van der Waals surface area contributed by atoms with Crippen LogP contribution >= 0.6 is 0 Å². The third-order valence-corrected chi connectivity index (χ3v) is 10.2. The van der Waals surface area contributed by atoms with E-state index < -0.39 is 0 Å². The Balaban J connectivity index is 1.14. The number of anilines is 3. The summed E-state index contributed by atoms with van der Waals surface area (Å²) in [6, 6.07) is 71.6. The first-order chi connectivity index (χ1) is 25.8. The SMILES string of the molecule is c1ccc(-c2ccc(N(c3ccc(-c4ccc5ccccc5c4)cc3)c3ccc4oc5c(-c6ccccc6)cc6ccccc6c5c4c3)cc2)cc1. The maximum atomic E-state index is 6.73. The second-order valence-electron chi connectivity index (χ2n) is 13.4. The largest absolute Gasteiger partial charge is 0.455 e. The van der Waals surface area contributed by atoms with Crippen molar-refractivity contribution in [3.8, 4) is 33.4 Å². The Morgan fingerprint density at radius 3 is 1.58 bits per heavy atom. The van der Waals surface area contributed by atoms with Crippen LogP contribution < -0.4 is 4.90 Å². The summed E-state index contributed by atoms with van der Waals surface area (Å²) >= 11 is 0. The number of hydrogen-bond acceptors (Lipinski definition) is 2. The third kappa shape index (κ3) is 5.21. The second kappa shape index (κ2) is 12.5. The molecule has 0 saturated carbocycles. The van der Waals surface area contributed by atoms with Gasteiger partial charge in [0.2, 0.25) is 0 Å². The summed E-state index contributed by atoms with van der Waals surface area (Å²) in [5.41, 5.74) is 12.0. The van der Waals surface area contributed by atoms with E-state index in [0.717, 1.165) is 50.1 Å². The molecule has 10 aromatic rings. The number of benzene rings is 9. The molecular weight excluding hydrogens is 631 g/mol. The minimum atomic E-state index is 0.873. The topological polar surface area (TPSA) is 16.4 Å². The van der Waals surface area contributed by atoms with Gasteiger partial charge in [0.1, 0.15) is 11.2 Å². The summed E-state index contributed by atoms with van der Waals surface area (Å²) in [6.45, 7) is 0. The highest BCUT2D eigenvalue weighted by Crippen LogP contribution is 2.44. The molecular formula is C50H33NO. The van der Waals surface area contributed by atoms with Gasteiger partial charge in [-0.15, -0.1) is 0 Å². The lowest BCUT2D eigenvalue weighted by molar-refractivity contribution is 0.670. The number of nitrogens with zero attached hydrogens (tertiary/aromatic N) is 1. The molecule has 0 fully saturated rings. The van der Waals surface area contributed by atoms with Crippen LogP contribution in [0.5, 0.6) is 0 Å². The van der Waals surface area contributed by atoms with Gasteiger partial charge in [-0.2, -0.15) is 0 Å². The van der Waals surface area contributed by atoms with Crippen LogP contribution in [-0.2, 0) is 0 Å². The monoisotopic (exact) mass is 663 g/mol. The van der Waals surface area contributed by atoms with Gasteiger partial charge in [0.15, 0.2) is 0 Å². The molecule has 0 amide bonds.